The molecule has 2 aromatic rings. The van der Waals surface area contributed by atoms with Crippen LogP contribution in [0, 0.1) is 0 Å². The zero-order chi connectivity index (χ0) is 14.8. The smallest absolute Gasteiger partial charge is 0.336 e. The molecule has 2 aromatic heterocycles. The van der Waals surface area contributed by atoms with Crippen LogP contribution in [0.3, 0.4) is 0 Å². The highest BCUT2D eigenvalue weighted by molar-refractivity contribution is 7.91. The lowest BCUT2D eigenvalue weighted by atomic mass is 10.2. The molecule has 0 radical (unpaired) electrons. The van der Waals surface area contributed by atoms with Crippen LogP contribution in [0.25, 0.3) is 0 Å². The predicted molar refractivity (Wildman–Crippen MR) is 73.5 cm³/mol. The fourth-order valence-electron chi connectivity index (χ4n) is 1.66. The fraction of sp³-hybridized carbons (Fsp3) is 0.250. The lowest BCUT2D eigenvalue weighted by Gasteiger charge is -2.11. The van der Waals surface area contributed by atoms with Gasteiger partial charge < -0.3 is 9.52 Å². The van der Waals surface area contributed by atoms with Gasteiger partial charge in [0.15, 0.2) is 0 Å². The molecule has 0 saturated carbocycles. The summed E-state index contributed by atoms with van der Waals surface area (Å²) in [5.74, 6) is -0.469. The number of thiophene rings is 1. The van der Waals surface area contributed by atoms with Gasteiger partial charge in [-0.15, -0.1) is 11.3 Å². The van der Waals surface area contributed by atoms with Gasteiger partial charge in [-0.25, -0.2) is 17.9 Å². The summed E-state index contributed by atoms with van der Waals surface area (Å²) in [6.45, 7) is 1.71. The van der Waals surface area contributed by atoms with E-state index in [2.05, 4.69) is 4.72 Å². The molecule has 0 amide bonds. The van der Waals surface area contributed by atoms with Crippen molar-refractivity contribution < 1.29 is 22.7 Å². The summed E-state index contributed by atoms with van der Waals surface area (Å²) in [6, 6.07) is 4.28. The number of sulfonamides is 1. The van der Waals surface area contributed by atoms with Crippen molar-refractivity contribution in [3.05, 3.63) is 41.2 Å². The van der Waals surface area contributed by atoms with Gasteiger partial charge in [0.05, 0.1) is 11.8 Å². The number of carbonyl (C=O) groups is 1. The van der Waals surface area contributed by atoms with Crippen LogP contribution in [0.1, 0.15) is 23.0 Å². The molecule has 0 spiro atoms. The molecule has 2 N–H and O–H groups in total. The molecular weight excluding hydrogens is 302 g/mol. The van der Waals surface area contributed by atoms with Crippen LogP contribution in [0.15, 0.2) is 38.5 Å². The maximum atomic E-state index is 12.1. The summed E-state index contributed by atoms with van der Waals surface area (Å²) in [7, 11) is -3.71. The second kappa shape index (κ2) is 5.78. The van der Waals surface area contributed by atoms with E-state index in [4.69, 9.17) is 9.52 Å². The Balaban J connectivity index is 2.08. The van der Waals surface area contributed by atoms with Crippen molar-refractivity contribution in [3.63, 3.8) is 0 Å². The first kappa shape index (κ1) is 14.8. The number of rotatable bonds is 6. The van der Waals surface area contributed by atoms with Crippen LogP contribution >= 0.6 is 11.3 Å². The first-order valence-electron chi connectivity index (χ1n) is 5.75. The summed E-state index contributed by atoms with van der Waals surface area (Å²) in [5, 5.41) is 10.1. The maximum Gasteiger partial charge on any atom is 0.336 e. The van der Waals surface area contributed by atoms with Gasteiger partial charge >= 0.3 is 5.97 Å². The molecule has 108 valence electrons. The number of carboxylic acid groups (broad SMARTS) is 1. The fourth-order valence-corrected chi connectivity index (χ4v) is 4.08. The van der Waals surface area contributed by atoms with Gasteiger partial charge in [-0.1, -0.05) is 0 Å². The van der Waals surface area contributed by atoms with Crippen LogP contribution in [0.5, 0.6) is 0 Å². The molecule has 1 atom stereocenters. The Labute approximate surface area is 120 Å². The molecule has 2 heterocycles. The third-order valence-corrected chi connectivity index (χ3v) is 5.56. The Bertz CT molecular complexity index is 687. The molecular formula is C12H13NO5S2. The monoisotopic (exact) mass is 315 g/mol. The summed E-state index contributed by atoms with van der Waals surface area (Å²) in [6.07, 6.45) is 1.94. The van der Waals surface area contributed by atoms with Gasteiger partial charge in [0.25, 0.3) is 0 Å². The average Bonchev–Trinajstić information content (AvgIpc) is 2.97. The van der Waals surface area contributed by atoms with E-state index >= 15 is 0 Å². The van der Waals surface area contributed by atoms with E-state index < -0.39 is 16.0 Å². The Morgan fingerprint density at radius 3 is 2.85 bits per heavy atom. The zero-order valence-corrected chi connectivity index (χ0v) is 12.2. The average molecular weight is 315 g/mol. The second-order valence-corrected chi connectivity index (χ2v) is 7.12. The quantitative estimate of drug-likeness (QED) is 0.849. The first-order valence-corrected chi connectivity index (χ1v) is 8.11. The Morgan fingerprint density at radius 2 is 2.30 bits per heavy atom. The van der Waals surface area contributed by atoms with Crippen LogP contribution in [-0.4, -0.2) is 25.5 Å². The molecule has 8 heteroatoms. The molecule has 0 fully saturated rings. The molecule has 6 nitrogen and oxygen atoms in total. The number of nitrogens with one attached hydrogen (secondary N) is 1. The molecule has 0 aliphatic rings. The number of furan rings is 1. The van der Waals surface area contributed by atoms with Crippen LogP contribution in [-0.2, 0) is 16.4 Å². The zero-order valence-electron chi connectivity index (χ0n) is 10.6. The van der Waals surface area contributed by atoms with Crippen LogP contribution in [0.4, 0.5) is 0 Å². The van der Waals surface area contributed by atoms with Gasteiger partial charge in [0.2, 0.25) is 10.0 Å². The van der Waals surface area contributed by atoms with Gasteiger partial charge in [-0.05, 0) is 25.1 Å². The van der Waals surface area contributed by atoms with E-state index in [-0.39, 0.29) is 15.8 Å². The lowest BCUT2D eigenvalue weighted by Crippen LogP contribution is -2.33. The SMILES string of the molecule is CC(Cc1ccco1)NS(=O)(=O)c1cc(C(=O)O)cs1. The lowest BCUT2D eigenvalue weighted by molar-refractivity contribution is 0.0697. The molecule has 0 bridgehead atoms. The van der Waals surface area contributed by atoms with E-state index in [9.17, 15) is 13.2 Å². The minimum atomic E-state index is -3.71. The maximum absolute atomic E-state index is 12.1. The van der Waals surface area contributed by atoms with Gasteiger partial charge in [0.1, 0.15) is 9.97 Å². The van der Waals surface area contributed by atoms with Crippen molar-refractivity contribution in [2.45, 2.75) is 23.6 Å². The van der Waals surface area contributed by atoms with E-state index in [0.717, 1.165) is 17.4 Å². The Kier molecular flexibility index (Phi) is 4.26. The van der Waals surface area contributed by atoms with Crippen LogP contribution in [0.2, 0.25) is 0 Å². The first-order chi connectivity index (χ1) is 9.38. The largest absolute Gasteiger partial charge is 0.478 e. The molecule has 20 heavy (non-hydrogen) atoms. The minimum absolute atomic E-state index is 0.0128. The Hall–Kier alpha value is -1.64. The van der Waals surface area contributed by atoms with Crippen LogP contribution < -0.4 is 4.72 Å². The minimum Gasteiger partial charge on any atom is -0.478 e. The summed E-state index contributed by atoms with van der Waals surface area (Å²) in [5.41, 5.74) is -0.0333. The van der Waals surface area contributed by atoms with E-state index in [1.165, 1.54) is 11.6 Å². The molecule has 0 aromatic carbocycles. The molecule has 0 aliphatic carbocycles. The summed E-state index contributed by atoms with van der Waals surface area (Å²) in [4.78, 5) is 10.8. The summed E-state index contributed by atoms with van der Waals surface area (Å²) >= 11 is 0.880. The van der Waals surface area contributed by atoms with Crippen molar-refractivity contribution in [1.82, 2.24) is 4.72 Å². The van der Waals surface area contributed by atoms with Gasteiger partial charge in [0, 0.05) is 17.8 Å². The van der Waals surface area contributed by atoms with Crippen molar-refractivity contribution in [2.75, 3.05) is 0 Å². The Morgan fingerprint density at radius 1 is 1.55 bits per heavy atom. The highest BCUT2D eigenvalue weighted by Gasteiger charge is 2.21. The standard InChI is InChI=1S/C12H13NO5S2/c1-8(5-10-3-2-4-18-10)13-20(16,17)11-6-9(7-19-11)12(14)15/h2-4,6-8,13H,5H2,1H3,(H,14,15). The van der Waals surface area contributed by atoms with Crippen molar-refractivity contribution in [2.24, 2.45) is 0 Å². The molecule has 0 saturated heterocycles. The van der Waals surface area contributed by atoms with Crippen molar-refractivity contribution in [3.8, 4) is 0 Å². The third-order valence-electron chi connectivity index (χ3n) is 2.53. The number of hydrogen-bond acceptors (Lipinski definition) is 5. The van der Waals surface area contributed by atoms with Crippen molar-refractivity contribution >= 4 is 27.3 Å². The number of carboxylic acids is 1. The highest BCUT2D eigenvalue weighted by Crippen LogP contribution is 2.20. The molecule has 2 rings (SSSR count). The van der Waals surface area contributed by atoms with Crippen molar-refractivity contribution in [1.29, 1.82) is 0 Å². The molecule has 0 aliphatic heterocycles. The van der Waals surface area contributed by atoms with Gasteiger partial charge in [-0.2, -0.15) is 0 Å². The third kappa shape index (κ3) is 3.47. The topological polar surface area (TPSA) is 96.6 Å². The van der Waals surface area contributed by atoms with Gasteiger partial charge in [-0.3, -0.25) is 0 Å². The van der Waals surface area contributed by atoms with E-state index in [1.807, 2.05) is 0 Å². The van der Waals surface area contributed by atoms with E-state index in [0.29, 0.717) is 12.2 Å². The highest BCUT2D eigenvalue weighted by atomic mass is 32.2. The summed E-state index contributed by atoms with van der Waals surface area (Å²) < 4.78 is 31.8. The number of hydrogen-bond donors (Lipinski definition) is 2. The normalized spacial score (nSPS) is 13.2. The predicted octanol–water partition coefficient (Wildman–Crippen LogP) is 1.95. The molecule has 1 unspecified atom stereocenters. The number of aromatic carboxylic acids is 1. The van der Waals surface area contributed by atoms with E-state index in [1.54, 1.807) is 19.1 Å². The second-order valence-electron chi connectivity index (χ2n) is 4.27.